The highest BCUT2D eigenvalue weighted by Gasteiger charge is 2.13. The first-order valence-corrected chi connectivity index (χ1v) is 4.70. The molecule has 0 bridgehead atoms. The summed E-state index contributed by atoms with van der Waals surface area (Å²) in [4.78, 5) is 0. The summed E-state index contributed by atoms with van der Waals surface area (Å²) in [6.45, 7) is 3.64. The molecule has 0 saturated heterocycles. The Kier molecular flexibility index (Phi) is 2.31. The summed E-state index contributed by atoms with van der Waals surface area (Å²) in [5, 5.41) is 0. The molecule has 1 aromatic heterocycles. The van der Waals surface area contributed by atoms with Crippen molar-refractivity contribution >= 4 is 0 Å². The molecule has 2 aromatic rings. The SMILES string of the molecule is Cc1ccc(C)n1-c1c(F)cccc1F. The van der Waals surface area contributed by atoms with Gasteiger partial charge < -0.3 is 4.57 Å². The Bertz CT molecular complexity index is 461. The van der Waals surface area contributed by atoms with Gasteiger partial charge in [-0.2, -0.15) is 0 Å². The second-order valence-electron chi connectivity index (χ2n) is 3.52. The van der Waals surface area contributed by atoms with E-state index in [4.69, 9.17) is 0 Å². The summed E-state index contributed by atoms with van der Waals surface area (Å²) in [6, 6.07) is 7.55. The highest BCUT2D eigenvalue weighted by atomic mass is 19.1. The van der Waals surface area contributed by atoms with Crippen LogP contribution in [0.2, 0.25) is 0 Å². The maximum absolute atomic E-state index is 13.5. The van der Waals surface area contributed by atoms with Crippen molar-refractivity contribution in [1.82, 2.24) is 4.57 Å². The molecule has 15 heavy (non-hydrogen) atoms. The summed E-state index contributed by atoms with van der Waals surface area (Å²) < 4.78 is 28.6. The molecule has 1 aromatic carbocycles. The van der Waals surface area contributed by atoms with E-state index in [0.717, 1.165) is 11.4 Å². The maximum Gasteiger partial charge on any atom is 0.150 e. The quantitative estimate of drug-likeness (QED) is 0.675. The Labute approximate surface area is 87.0 Å². The smallest absolute Gasteiger partial charge is 0.150 e. The number of aromatic nitrogens is 1. The molecule has 0 amide bonds. The van der Waals surface area contributed by atoms with Gasteiger partial charge in [0.05, 0.1) is 0 Å². The standard InChI is InChI=1S/C12H11F2N/c1-8-6-7-9(2)15(8)12-10(13)4-3-5-11(12)14/h3-7H,1-2H3. The van der Waals surface area contributed by atoms with Crippen LogP contribution in [0.1, 0.15) is 11.4 Å². The first-order chi connectivity index (χ1) is 7.11. The minimum Gasteiger partial charge on any atom is -0.313 e. The van der Waals surface area contributed by atoms with Crippen LogP contribution < -0.4 is 0 Å². The number of benzene rings is 1. The van der Waals surface area contributed by atoms with Gasteiger partial charge in [-0.05, 0) is 38.1 Å². The number of nitrogens with zero attached hydrogens (tertiary/aromatic N) is 1. The van der Waals surface area contributed by atoms with Gasteiger partial charge in [0.25, 0.3) is 0 Å². The van der Waals surface area contributed by atoms with Crippen molar-refractivity contribution in [2.45, 2.75) is 13.8 Å². The third kappa shape index (κ3) is 1.54. The molecule has 0 aliphatic heterocycles. The fourth-order valence-corrected chi connectivity index (χ4v) is 1.72. The molecule has 2 rings (SSSR count). The van der Waals surface area contributed by atoms with Gasteiger partial charge in [0.1, 0.15) is 17.3 Å². The van der Waals surface area contributed by atoms with E-state index in [-0.39, 0.29) is 5.69 Å². The van der Waals surface area contributed by atoms with Gasteiger partial charge in [0.15, 0.2) is 0 Å². The van der Waals surface area contributed by atoms with Crippen molar-refractivity contribution in [3.05, 3.63) is 53.4 Å². The average Bonchev–Trinajstić information content (AvgIpc) is 2.49. The minimum absolute atomic E-state index is 0.00231. The monoisotopic (exact) mass is 207 g/mol. The van der Waals surface area contributed by atoms with Gasteiger partial charge in [-0.15, -0.1) is 0 Å². The fourth-order valence-electron chi connectivity index (χ4n) is 1.72. The van der Waals surface area contributed by atoms with E-state index in [2.05, 4.69) is 0 Å². The van der Waals surface area contributed by atoms with Gasteiger partial charge in [-0.3, -0.25) is 0 Å². The summed E-state index contributed by atoms with van der Waals surface area (Å²) >= 11 is 0. The van der Waals surface area contributed by atoms with Crippen LogP contribution in [0.5, 0.6) is 0 Å². The topological polar surface area (TPSA) is 4.93 Å². The van der Waals surface area contributed by atoms with Crippen LogP contribution in [0.3, 0.4) is 0 Å². The van der Waals surface area contributed by atoms with Gasteiger partial charge in [0, 0.05) is 11.4 Å². The second-order valence-corrected chi connectivity index (χ2v) is 3.52. The van der Waals surface area contributed by atoms with Crippen molar-refractivity contribution in [1.29, 1.82) is 0 Å². The van der Waals surface area contributed by atoms with E-state index in [0.29, 0.717) is 0 Å². The molecule has 0 aliphatic rings. The van der Waals surface area contributed by atoms with Gasteiger partial charge in [0.2, 0.25) is 0 Å². The van der Waals surface area contributed by atoms with Crippen molar-refractivity contribution in [2.24, 2.45) is 0 Å². The molecule has 0 unspecified atom stereocenters. The predicted molar refractivity (Wildman–Crippen MR) is 55.2 cm³/mol. The normalized spacial score (nSPS) is 10.7. The zero-order valence-corrected chi connectivity index (χ0v) is 8.59. The van der Waals surface area contributed by atoms with E-state index in [9.17, 15) is 8.78 Å². The molecule has 0 radical (unpaired) electrons. The van der Waals surface area contributed by atoms with Crippen LogP contribution in [-0.2, 0) is 0 Å². The maximum atomic E-state index is 13.5. The molecule has 1 heterocycles. The first-order valence-electron chi connectivity index (χ1n) is 4.70. The van der Waals surface area contributed by atoms with E-state index in [1.165, 1.54) is 18.2 Å². The molecule has 0 N–H and O–H groups in total. The molecule has 3 heteroatoms. The number of para-hydroxylation sites is 1. The van der Waals surface area contributed by atoms with Crippen LogP contribution in [0.15, 0.2) is 30.3 Å². The van der Waals surface area contributed by atoms with Crippen LogP contribution in [0.25, 0.3) is 5.69 Å². The zero-order chi connectivity index (χ0) is 11.0. The number of aryl methyl sites for hydroxylation is 2. The molecule has 0 spiro atoms. The average molecular weight is 207 g/mol. The van der Waals surface area contributed by atoms with Crippen molar-refractivity contribution < 1.29 is 8.78 Å². The van der Waals surface area contributed by atoms with Crippen molar-refractivity contribution in [3.63, 3.8) is 0 Å². The number of rotatable bonds is 1. The van der Waals surface area contributed by atoms with Crippen LogP contribution in [0.4, 0.5) is 8.78 Å². The highest BCUT2D eigenvalue weighted by molar-refractivity contribution is 5.40. The fraction of sp³-hybridized carbons (Fsp3) is 0.167. The third-order valence-electron chi connectivity index (χ3n) is 2.43. The van der Waals surface area contributed by atoms with Crippen LogP contribution >= 0.6 is 0 Å². The molecular weight excluding hydrogens is 196 g/mol. The number of hydrogen-bond donors (Lipinski definition) is 0. The number of hydrogen-bond acceptors (Lipinski definition) is 0. The third-order valence-corrected chi connectivity index (χ3v) is 2.43. The van der Waals surface area contributed by atoms with Crippen molar-refractivity contribution in [2.75, 3.05) is 0 Å². The summed E-state index contributed by atoms with van der Waals surface area (Å²) in [6.07, 6.45) is 0. The number of halogens is 2. The molecule has 0 saturated carbocycles. The lowest BCUT2D eigenvalue weighted by Crippen LogP contribution is -2.04. The lowest BCUT2D eigenvalue weighted by molar-refractivity contribution is 0.566. The first kappa shape index (κ1) is 9.90. The van der Waals surface area contributed by atoms with Gasteiger partial charge >= 0.3 is 0 Å². The van der Waals surface area contributed by atoms with E-state index in [1.54, 1.807) is 4.57 Å². The zero-order valence-electron chi connectivity index (χ0n) is 8.59. The van der Waals surface area contributed by atoms with Gasteiger partial charge in [-0.1, -0.05) is 6.07 Å². The summed E-state index contributed by atoms with van der Waals surface area (Å²) in [5.74, 6) is -1.09. The van der Waals surface area contributed by atoms with Gasteiger partial charge in [-0.25, -0.2) is 8.78 Å². The summed E-state index contributed by atoms with van der Waals surface area (Å²) in [5.41, 5.74) is 1.63. The molecule has 0 fully saturated rings. The van der Waals surface area contributed by atoms with E-state index >= 15 is 0 Å². The Balaban J connectivity index is 2.74. The lowest BCUT2D eigenvalue weighted by atomic mass is 10.2. The van der Waals surface area contributed by atoms with Crippen LogP contribution in [-0.4, -0.2) is 4.57 Å². The second kappa shape index (κ2) is 3.50. The highest BCUT2D eigenvalue weighted by Crippen LogP contribution is 2.21. The minimum atomic E-state index is -0.544. The largest absolute Gasteiger partial charge is 0.313 e. The predicted octanol–water partition coefficient (Wildman–Crippen LogP) is 3.37. The molecule has 0 atom stereocenters. The Morgan fingerprint density at radius 3 is 1.80 bits per heavy atom. The van der Waals surface area contributed by atoms with E-state index in [1.807, 2.05) is 26.0 Å². The molecule has 1 nitrogen and oxygen atoms in total. The Hall–Kier alpha value is -1.64. The summed E-state index contributed by atoms with van der Waals surface area (Å²) in [7, 11) is 0. The molecular formula is C12H11F2N. The Morgan fingerprint density at radius 2 is 1.33 bits per heavy atom. The van der Waals surface area contributed by atoms with E-state index < -0.39 is 11.6 Å². The lowest BCUT2D eigenvalue weighted by Gasteiger charge is -2.11. The molecule has 0 aliphatic carbocycles. The molecule has 78 valence electrons. The Morgan fingerprint density at radius 1 is 0.867 bits per heavy atom. The van der Waals surface area contributed by atoms with Crippen LogP contribution in [0, 0.1) is 25.5 Å². The van der Waals surface area contributed by atoms with Crippen molar-refractivity contribution in [3.8, 4) is 5.69 Å².